The lowest BCUT2D eigenvalue weighted by Gasteiger charge is -2.42. The fourth-order valence-electron chi connectivity index (χ4n) is 5.62. The van der Waals surface area contributed by atoms with Gasteiger partial charge in [-0.05, 0) is 67.2 Å². The number of carbonyl (C=O) groups excluding carboxylic acids is 3. The van der Waals surface area contributed by atoms with Crippen LogP contribution in [0.15, 0.2) is 24.3 Å². The van der Waals surface area contributed by atoms with Crippen LogP contribution in [-0.2, 0) is 15.8 Å². The fourth-order valence-corrected chi connectivity index (χ4v) is 5.62. The van der Waals surface area contributed by atoms with Gasteiger partial charge in [-0.2, -0.15) is 18.2 Å². The fraction of sp³-hybridized carbons (Fsp3) is 0.526. The molecule has 5 aliphatic rings. The molecule has 0 spiro atoms. The highest BCUT2D eigenvalue weighted by Gasteiger charge is 2.68. The molecule has 0 aromatic heterocycles. The van der Waals surface area contributed by atoms with E-state index >= 15 is 0 Å². The van der Waals surface area contributed by atoms with Crippen molar-refractivity contribution < 1.29 is 27.6 Å². The van der Waals surface area contributed by atoms with Gasteiger partial charge in [0.1, 0.15) is 0 Å². The molecule has 1 saturated heterocycles. The van der Waals surface area contributed by atoms with E-state index in [9.17, 15) is 27.6 Å². The molecule has 27 heavy (non-hydrogen) atoms. The summed E-state index contributed by atoms with van der Waals surface area (Å²) in [6, 6.07) is 3.68. The molecule has 6 unspecified atom stereocenters. The SMILES string of the molecule is O=C(NN1C(=O)C2C3CCC(C4CC43)C2C1=O)c1ccc(C(F)(F)F)cc1. The van der Waals surface area contributed by atoms with Crippen LogP contribution < -0.4 is 5.43 Å². The molecule has 1 aromatic rings. The smallest absolute Gasteiger partial charge is 0.272 e. The molecule has 3 amide bonds. The topological polar surface area (TPSA) is 66.5 Å². The Bertz CT molecular complexity index is 817. The highest BCUT2D eigenvalue weighted by molar-refractivity contribution is 6.08. The number of hydrazine groups is 1. The van der Waals surface area contributed by atoms with Crippen molar-refractivity contribution in [3.8, 4) is 0 Å². The van der Waals surface area contributed by atoms with E-state index in [2.05, 4.69) is 5.43 Å². The number of fused-ring (bicyclic) bond motifs is 1. The number of halogens is 3. The summed E-state index contributed by atoms with van der Waals surface area (Å²) < 4.78 is 37.9. The van der Waals surface area contributed by atoms with Gasteiger partial charge in [0.2, 0.25) is 0 Å². The molecule has 2 bridgehead atoms. The number of nitrogens with one attached hydrogen (secondary N) is 1. The van der Waals surface area contributed by atoms with E-state index in [-0.39, 0.29) is 41.0 Å². The van der Waals surface area contributed by atoms with Gasteiger partial charge < -0.3 is 0 Å². The monoisotopic (exact) mass is 378 g/mol. The second kappa shape index (κ2) is 5.33. The van der Waals surface area contributed by atoms with Gasteiger partial charge in [-0.15, -0.1) is 0 Å². The lowest BCUT2D eigenvalue weighted by atomic mass is 9.59. The van der Waals surface area contributed by atoms with Crippen LogP contribution in [0, 0.1) is 35.5 Å². The minimum absolute atomic E-state index is 0.0377. The zero-order valence-electron chi connectivity index (χ0n) is 14.2. The van der Waals surface area contributed by atoms with Gasteiger partial charge in [-0.3, -0.25) is 19.8 Å². The lowest BCUT2D eigenvalue weighted by molar-refractivity contribution is -0.143. The minimum Gasteiger partial charge on any atom is -0.272 e. The van der Waals surface area contributed by atoms with Crippen molar-refractivity contribution in [1.82, 2.24) is 10.4 Å². The Hall–Kier alpha value is -2.38. The van der Waals surface area contributed by atoms with Crippen molar-refractivity contribution in [2.45, 2.75) is 25.4 Å². The van der Waals surface area contributed by atoms with E-state index < -0.39 is 17.6 Å². The molecule has 6 rings (SSSR count). The predicted octanol–water partition coefficient (Wildman–Crippen LogP) is 2.63. The number of nitrogens with zero attached hydrogens (tertiary/aromatic N) is 1. The first-order chi connectivity index (χ1) is 12.8. The summed E-state index contributed by atoms with van der Waals surface area (Å²) >= 11 is 0. The largest absolute Gasteiger partial charge is 0.416 e. The standard InChI is InChI=1S/C19H17F3N2O3/c20-19(21,22)9-3-1-8(2-4-9)16(25)23-24-17(26)14-10-5-6-11(13-7-12(10)13)15(14)18(24)27/h1-4,10-15H,5-7H2,(H,23,25). The van der Waals surface area contributed by atoms with Gasteiger partial charge in [-0.25, -0.2) is 0 Å². The van der Waals surface area contributed by atoms with Crippen LogP contribution in [0.2, 0.25) is 0 Å². The summed E-state index contributed by atoms with van der Waals surface area (Å²) in [4.78, 5) is 38.0. The van der Waals surface area contributed by atoms with Gasteiger partial charge in [0.05, 0.1) is 17.4 Å². The molecule has 4 saturated carbocycles. The van der Waals surface area contributed by atoms with Crippen molar-refractivity contribution in [3.05, 3.63) is 35.4 Å². The first-order valence-corrected chi connectivity index (χ1v) is 9.13. The van der Waals surface area contributed by atoms with E-state index in [4.69, 9.17) is 0 Å². The molecule has 0 radical (unpaired) electrons. The van der Waals surface area contributed by atoms with Crippen LogP contribution in [0.1, 0.15) is 35.2 Å². The van der Waals surface area contributed by atoms with Crippen molar-refractivity contribution in [2.24, 2.45) is 35.5 Å². The quantitative estimate of drug-likeness (QED) is 0.805. The minimum atomic E-state index is -4.49. The van der Waals surface area contributed by atoms with Crippen molar-refractivity contribution in [2.75, 3.05) is 0 Å². The zero-order valence-corrected chi connectivity index (χ0v) is 14.2. The summed E-state index contributed by atoms with van der Waals surface area (Å²) in [5.41, 5.74) is 1.42. The number of hydrogen-bond donors (Lipinski definition) is 1. The Balaban J connectivity index is 1.35. The van der Waals surface area contributed by atoms with E-state index in [1.807, 2.05) is 0 Å². The predicted molar refractivity (Wildman–Crippen MR) is 85.6 cm³/mol. The van der Waals surface area contributed by atoms with Gasteiger partial charge >= 0.3 is 6.18 Å². The van der Waals surface area contributed by atoms with Crippen LogP contribution >= 0.6 is 0 Å². The van der Waals surface area contributed by atoms with E-state index in [0.29, 0.717) is 11.8 Å². The first kappa shape index (κ1) is 16.8. The molecule has 5 nitrogen and oxygen atoms in total. The third-order valence-corrected chi connectivity index (χ3v) is 6.83. The molecule has 1 N–H and O–H groups in total. The molecule has 1 heterocycles. The zero-order chi connectivity index (χ0) is 19.1. The summed E-state index contributed by atoms with van der Waals surface area (Å²) in [6.45, 7) is 0. The molecular formula is C19H17F3N2O3. The average molecular weight is 378 g/mol. The summed E-state index contributed by atoms with van der Waals surface area (Å²) in [7, 11) is 0. The van der Waals surface area contributed by atoms with Crippen LogP contribution in [0.5, 0.6) is 0 Å². The van der Waals surface area contributed by atoms with Gasteiger partial charge in [0, 0.05) is 5.56 Å². The van der Waals surface area contributed by atoms with Gasteiger partial charge in [0.15, 0.2) is 0 Å². The van der Waals surface area contributed by atoms with Crippen LogP contribution in [0.25, 0.3) is 0 Å². The molecule has 6 atom stereocenters. The van der Waals surface area contributed by atoms with Gasteiger partial charge in [-0.1, -0.05) is 0 Å². The molecular weight excluding hydrogens is 361 g/mol. The molecule has 142 valence electrons. The highest BCUT2D eigenvalue weighted by atomic mass is 19.4. The van der Waals surface area contributed by atoms with E-state index in [0.717, 1.165) is 48.5 Å². The third-order valence-electron chi connectivity index (χ3n) is 6.83. The molecule has 1 aromatic carbocycles. The number of amides is 3. The molecule has 8 heteroatoms. The molecule has 1 aliphatic heterocycles. The van der Waals surface area contributed by atoms with Gasteiger partial charge in [0.25, 0.3) is 17.7 Å². The second-order valence-corrected chi connectivity index (χ2v) is 8.05. The van der Waals surface area contributed by atoms with Crippen molar-refractivity contribution in [1.29, 1.82) is 0 Å². The normalized spacial score (nSPS) is 36.5. The van der Waals surface area contributed by atoms with Crippen molar-refractivity contribution in [3.63, 3.8) is 0 Å². The van der Waals surface area contributed by atoms with Crippen LogP contribution in [0.4, 0.5) is 13.2 Å². The third kappa shape index (κ3) is 2.34. The Kier molecular flexibility index (Phi) is 3.31. The number of imide groups is 1. The maximum absolute atomic E-state index is 12.8. The maximum atomic E-state index is 12.8. The van der Waals surface area contributed by atoms with E-state index in [1.54, 1.807) is 0 Å². The van der Waals surface area contributed by atoms with E-state index in [1.165, 1.54) is 0 Å². The number of alkyl halides is 3. The maximum Gasteiger partial charge on any atom is 0.416 e. The first-order valence-electron chi connectivity index (χ1n) is 9.13. The average Bonchev–Trinajstić information content (AvgIpc) is 3.42. The van der Waals surface area contributed by atoms with Crippen molar-refractivity contribution >= 4 is 17.7 Å². The van der Waals surface area contributed by atoms with Crippen LogP contribution in [-0.4, -0.2) is 22.7 Å². The number of hydrogen-bond acceptors (Lipinski definition) is 3. The Morgan fingerprint density at radius 2 is 1.44 bits per heavy atom. The number of rotatable bonds is 2. The summed E-state index contributed by atoms with van der Waals surface area (Å²) in [5, 5.41) is 0.811. The molecule has 4 aliphatic carbocycles. The summed E-state index contributed by atoms with van der Waals surface area (Å²) in [6.07, 6.45) is -1.49. The Morgan fingerprint density at radius 3 is 1.93 bits per heavy atom. The Labute approximate surface area is 152 Å². The number of benzene rings is 1. The highest BCUT2D eigenvalue weighted by Crippen LogP contribution is 2.67. The summed E-state index contributed by atoms with van der Waals surface area (Å²) in [5.74, 6) is -0.707. The Morgan fingerprint density at radius 1 is 0.926 bits per heavy atom. The van der Waals surface area contributed by atoms with Crippen LogP contribution in [0.3, 0.4) is 0 Å². The lowest BCUT2D eigenvalue weighted by Crippen LogP contribution is -2.46. The molecule has 5 fully saturated rings. The second-order valence-electron chi connectivity index (χ2n) is 8.05. The number of carbonyl (C=O) groups is 3.